The van der Waals surface area contributed by atoms with Gasteiger partial charge in [0.1, 0.15) is 0 Å². The minimum absolute atomic E-state index is 0. The third kappa shape index (κ3) is 5.91. The molecule has 6 nitrogen and oxygen atoms in total. The Hall–Kier alpha value is -0.830. The Morgan fingerprint density at radius 3 is 2.83 bits per heavy atom. The van der Waals surface area contributed by atoms with Gasteiger partial charge in [-0.05, 0) is 32.3 Å². The van der Waals surface area contributed by atoms with Crippen molar-refractivity contribution < 1.29 is 4.74 Å². The van der Waals surface area contributed by atoms with Crippen molar-refractivity contribution in [2.75, 3.05) is 40.4 Å². The number of aromatic nitrogens is 2. The molecule has 2 heterocycles. The summed E-state index contributed by atoms with van der Waals surface area (Å²) in [6, 6.07) is 2.12. The summed E-state index contributed by atoms with van der Waals surface area (Å²) in [6.45, 7) is 11.1. The van der Waals surface area contributed by atoms with Gasteiger partial charge in [-0.25, -0.2) is 0 Å². The largest absolute Gasteiger partial charge is 0.384 e. The standard InChI is InChI=1S/C17H31N5O.HI/c1-13(10-22-15(3)8-14(2)20-22)9-19-17(18-4)21-7-6-16(11-21)12-23-5;/h8,13,16H,6-7,9-12H2,1-5H3,(H,18,19);1H. The molecule has 24 heavy (non-hydrogen) atoms. The number of guanidine groups is 1. The van der Waals surface area contributed by atoms with Gasteiger partial charge < -0.3 is 15.0 Å². The predicted octanol–water partition coefficient (Wildman–Crippen LogP) is 2.30. The molecule has 0 saturated carbocycles. The fraction of sp³-hybridized carbons (Fsp3) is 0.765. The van der Waals surface area contributed by atoms with Gasteiger partial charge in [0.2, 0.25) is 0 Å². The van der Waals surface area contributed by atoms with Crippen molar-refractivity contribution in [1.82, 2.24) is 20.0 Å². The fourth-order valence-corrected chi connectivity index (χ4v) is 3.21. The van der Waals surface area contributed by atoms with Crippen LogP contribution in [-0.4, -0.2) is 61.0 Å². The van der Waals surface area contributed by atoms with Gasteiger partial charge in [-0.3, -0.25) is 9.67 Å². The van der Waals surface area contributed by atoms with E-state index in [2.05, 4.69) is 44.9 Å². The molecular weight excluding hydrogens is 417 g/mol. The molecule has 138 valence electrons. The Kier molecular flexibility index (Phi) is 9.04. The van der Waals surface area contributed by atoms with Crippen LogP contribution in [0.25, 0.3) is 0 Å². The van der Waals surface area contributed by atoms with E-state index in [0.717, 1.165) is 44.4 Å². The number of nitrogens with one attached hydrogen (secondary N) is 1. The average molecular weight is 449 g/mol. The van der Waals surface area contributed by atoms with Crippen LogP contribution in [-0.2, 0) is 11.3 Å². The second-order valence-corrected chi connectivity index (χ2v) is 6.70. The van der Waals surface area contributed by atoms with E-state index >= 15 is 0 Å². The number of halogens is 1. The molecule has 2 atom stereocenters. The maximum absolute atomic E-state index is 5.27. The molecule has 1 saturated heterocycles. The van der Waals surface area contributed by atoms with Gasteiger partial charge in [0.25, 0.3) is 0 Å². The molecule has 0 aromatic carbocycles. The number of aliphatic imine (C=N–C) groups is 1. The third-order valence-corrected chi connectivity index (χ3v) is 4.40. The predicted molar refractivity (Wildman–Crippen MR) is 109 cm³/mol. The van der Waals surface area contributed by atoms with Crippen molar-refractivity contribution in [2.45, 2.75) is 33.7 Å². The van der Waals surface area contributed by atoms with Crippen molar-refractivity contribution in [3.63, 3.8) is 0 Å². The van der Waals surface area contributed by atoms with Gasteiger partial charge in [0, 0.05) is 51.9 Å². The number of hydrogen-bond donors (Lipinski definition) is 1. The van der Waals surface area contributed by atoms with Crippen LogP contribution in [0.15, 0.2) is 11.1 Å². The number of aryl methyl sites for hydroxylation is 2. The Morgan fingerprint density at radius 1 is 1.50 bits per heavy atom. The van der Waals surface area contributed by atoms with Crippen LogP contribution < -0.4 is 5.32 Å². The minimum Gasteiger partial charge on any atom is -0.384 e. The zero-order chi connectivity index (χ0) is 16.8. The fourth-order valence-electron chi connectivity index (χ4n) is 3.21. The Morgan fingerprint density at radius 2 is 2.25 bits per heavy atom. The summed E-state index contributed by atoms with van der Waals surface area (Å²) in [6.07, 6.45) is 1.18. The quantitative estimate of drug-likeness (QED) is 0.412. The second kappa shape index (κ2) is 10.2. The van der Waals surface area contributed by atoms with Gasteiger partial charge >= 0.3 is 0 Å². The first-order valence-electron chi connectivity index (χ1n) is 8.49. The minimum atomic E-state index is 0. The molecule has 7 heteroatoms. The zero-order valence-corrected chi connectivity index (χ0v) is 17.9. The first-order chi connectivity index (χ1) is 11.0. The number of methoxy groups -OCH3 is 1. The highest BCUT2D eigenvalue weighted by atomic mass is 127. The van der Waals surface area contributed by atoms with Gasteiger partial charge in [0.05, 0.1) is 12.3 Å². The average Bonchev–Trinajstić information content (AvgIpc) is 3.07. The summed E-state index contributed by atoms with van der Waals surface area (Å²) >= 11 is 0. The molecule has 0 bridgehead atoms. The smallest absolute Gasteiger partial charge is 0.193 e. The van der Waals surface area contributed by atoms with Crippen molar-refractivity contribution in [1.29, 1.82) is 0 Å². The van der Waals surface area contributed by atoms with Crippen LogP contribution in [0.3, 0.4) is 0 Å². The monoisotopic (exact) mass is 449 g/mol. The lowest BCUT2D eigenvalue weighted by Crippen LogP contribution is -2.42. The van der Waals surface area contributed by atoms with Crippen LogP contribution in [0.2, 0.25) is 0 Å². The van der Waals surface area contributed by atoms with E-state index in [9.17, 15) is 0 Å². The van der Waals surface area contributed by atoms with E-state index in [0.29, 0.717) is 11.8 Å². The molecule has 1 fully saturated rings. The van der Waals surface area contributed by atoms with Crippen LogP contribution in [0.1, 0.15) is 24.7 Å². The highest BCUT2D eigenvalue weighted by Crippen LogP contribution is 2.16. The molecule has 1 N–H and O–H groups in total. The van der Waals surface area contributed by atoms with Crippen molar-refractivity contribution >= 4 is 29.9 Å². The normalized spacial score (nSPS) is 19.3. The van der Waals surface area contributed by atoms with Crippen molar-refractivity contribution in [2.24, 2.45) is 16.8 Å². The number of nitrogens with zero attached hydrogens (tertiary/aromatic N) is 4. The number of hydrogen-bond acceptors (Lipinski definition) is 3. The molecule has 0 spiro atoms. The number of ether oxygens (including phenoxy) is 1. The highest BCUT2D eigenvalue weighted by Gasteiger charge is 2.24. The molecule has 0 aliphatic carbocycles. The van der Waals surface area contributed by atoms with Crippen LogP contribution in [0.5, 0.6) is 0 Å². The zero-order valence-electron chi connectivity index (χ0n) is 15.6. The summed E-state index contributed by atoms with van der Waals surface area (Å²) < 4.78 is 7.36. The molecule has 2 rings (SSSR count). The van der Waals surface area contributed by atoms with E-state index in [4.69, 9.17) is 4.74 Å². The molecule has 1 aromatic heterocycles. The van der Waals surface area contributed by atoms with Gasteiger partial charge in [0.15, 0.2) is 5.96 Å². The molecule has 1 aliphatic rings. The van der Waals surface area contributed by atoms with E-state index in [1.807, 2.05) is 14.0 Å². The second-order valence-electron chi connectivity index (χ2n) is 6.70. The van der Waals surface area contributed by atoms with Gasteiger partial charge in [-0.2, -0.15) is 5.10 Å². The maximum Gasteiger partial charge on any atom is 0.193 e. The summed E-state index contributed by atoms with van der Waals surface area (Å²) in [4.78, 5) is 6.77. The van der Waals surface area contributed by atoms with E-state index in [1.54, 1.807) is 7.11 Å². The van der Waals surface area contributed by atoms with Crippen LogP contribution in [0, 0.1) is 25.7 Å². The summed E-state index contributed by atoms with van der Waals surface area (Å²) in [5.41, 5.74) is 2.31. The van der Waals surface area contributed by atoms with Crippen molar-refractivity contribution in [3.05, 3.63) is 17.5 Å². The van der Waals surface area contributed by atoms with Gasteiger partial charge in [-0.15, -0.1) is 24.0 Å². The summed E-state index contributed by atoms with van der Waals surface area (Å²) in [7, 11) is 3.63. The lowest BCUT2D eigenvalue weighted by atomic mass is 10.1. The van der Waals surface area contributed by atoms with Gasteiger partial charge in [-0.1, -0.05) is 6.92 Å². The van der Waals surface area contributed by atoms with Crippen LogP contribution in [0.4, 0.5) is 0 Å². The molecule has 1 aromatic rings. The molecular formula is C17H32IN5O. The number of likely N-dealkylation sites (tertiary alicyclic amines) is 1. The summed E-state index contributed by atoms with van der Waals surface area (Å²) in [5.74, 6) is 2.11. The number of rotatable bonds is 6. The topological polar surface area (TPSA) is 54.7 Å². The Bertz CT molecular complexity index is 531. The molecule has 0 amide bonds. The first-order valence-corrected chi connectivity index (χ1v) is 8.49. The first kappa shape index (κ1) is 21.2. The lowest BCUT2D eigenvalue weighted by Gasteiger charge is -2.23. The molecule has 1 aliphatic heterocycles. The SMILES string of the molecule is CN=C(NCC(C)Cn1nc(C)cc1C)N1CCC(COC)C1.I. The van der Waals surface area contributed by atoms with Crippen LogP contribution >= 0.6 is 24.0 Å². The van der Waals surface area contributed by atoms with E-state index in [-0.39, 0.29) is 24.0 Å². The maximum atomic E-state index is 5.27. The third-order valence-electron chi connectivity index (χ3n) is 4.40. The molecule has 0 radical (unpaired) electrons. The Labute approximate surface area is 163 Å². The highest BCUT2D eigenvalue weighted by molar-refractivity contribution is 14.0. The summed E-state index contributed by atoms with van der Waals surface area (Å²) in [5, 5.41) is 8.05. The van der Waals surface area contributed by atoms with E-state index in [1.165, 1.54) is 12.1 Å². The van der Waals surface area contributed by atoms with E-state index < -0.39 is 0 Å². The lowest BCUT2D eigenvalue weighted by molar-refractivity contribution is 0.157. The Balaban J connectivity index is 0.00000288. The van der Waals surface area contributed by atoms with Crippen molar-refractivity contribution in [3.8, 4) is 0 Å². The molecule has 2 unspecified atom stereocenters.